The van der Waals surface area contributed by atoms with E-state index in [1.165, 1.54) is 12.1 Å². The first-order valence-corrected chi connectivity index (χ1v) is 4.96. The molecule has 3 nitrogen and oxygen atoms in total. The number of aliphatic hydroxyl groups excluding tert-OH is 1. The Labute approximate surface area is 91.0 Å². The molecule has 0 saturated heterocycles. The Morgan fingerprint density at radius 1 is 1.13 bits per heavy atom. The van der Waals surface area contributed by atoms with Crippen LogP contribution in [0.1, 0.15) is 33.3 Å². The fraction of sp³-hybridized carbons (Fsp3) is 0.500. The van der Waals surface area contributed by atoms with E-state index >= 15 is 0 Å². The minimum Gasteiger partial charge on any atom is -0.508 e. The van der Waals surface area contributed by atoms with E-state index in [4.69, 9.17) is 5.11 Å². The molecule has 0 spiro atoms. The number of phenols is 2. The second-order valence-corrected chi connectivity index (χ2v) is 4.27. The summed E-state index contributed by atoms with van der Waals surface area (Å²) in [5, 5.41) is 26.2. The van der Waals surface area contributed by atoms with Gasteiger partial charge in [-0.25, -0.2) is 0 Å². The van der Waals surface area contributed by atoms with Crippen molar-refractivity contribution in [3.63, 3.8) is 0 Å². The van der Waals surface area contributed by atoms with Crippen molar-refractivity contribution >= 4 is 0 Å². The molecule has 0 heterocycles. The van der Waals surface area contributed by atoms with E-state index in [2.05, 4.69) is 0 Å². The van der Waals surface area contributed by atoms with E-state index in [0.717, 1.165) is 5.56 Å². The van der Waals surface area contributed by atoms with Crippen molar-refractivity contribution in [3.05, 3.63) is 23.8 Å². The van der Waals surface area contributed by atoms with Gasteiger partial charge in [-0.3, -0.25) is 0 Å². The average molecular weight is 212 g/mol. The smallest absolute Gasteiger partial charge is 0.119 e. The molecule has 1 aromatic carbocycles. The Bertz CT molecular complexity index is 300. The van der Waals surface area contributed by atoms with E-state index in [1.807, 2.05) is 20.8 Å². The van der Waals surface area contributed by atoms with E-state index in [9.17, 15) is 10.2 Å². The highest BCUT2D eigenvalue weighted by atomic mass is 16.3. The summed E-state index contributed by atoms with van der Waals surface area (Å²) in [5.41, 5.74) is 0.630. The van der Waals surface area contributed by atoms with Crippen LogP contribution in [0, 0.1) is 0 Å². The summed E-state index contributed by atoms with van der Waals surface area (Å²) in [5.74, 6) is 0.429. The van der Waals surface area contributed by atoms with Gasteiger partial charge in [-0.2, -0.15) is 0 Å². The van der Waals surface area contributed by atoms with Gasteiger partial charge in [0.2, 0.25) is 0 Å². The van der Waals surface area contributed by atoms with Crippen molar-refractivity contribution in [1.29, 1.82) is 0 Å². The van der Waals surface area contributed by atoms with Gasteiger partial charge in [0.25, 0.3) is 0 Å². The molecule has 0 radical (unpaired) electrons. The van der Waals surface area contributed by atoms with Crippen molar-refractivity contribution in [2.24, 2.45) is 0 Å². The number of aliphatic hydroxyl groups is 1. The minimum atomic E-state index is -0.136. The molecule has 15 heavy (non-hydrogen) atoms. The summed E-state index contributed by atoms with van der Waals surface area (Å²) < 4.78 is 0. The molecule has 0 saturated carbocycles. The van der Waals surface area contributed by atoms with Crippen molar-refractivity contribution in [1.82, 2.24) is 0 Å². The van der Waals surface area contributed by atoms with Gasteiger partial charge < -0.3 is 15.3 Å². The van der Waals surface area contributed by atoms with Gasteiger partial charge in [0.15, 0.2) is 0 Å². The maximum Gasteiger partial charge on any atom is 0.119 e. The third kappa shape index (κ3) is 4.70. The summed E-state index contributed by atoms with van der Waals surface area (Å²) in [7, 11) is 0. The molecule has 0 atom stereocenters. The summed E-state index contributed by atoms with van der Waals surface area (Å²) >= 11 is 0. The summed E-state index contributed by atoms with van der Waals surface area (Å²) in [6.07, 6.45) is 0. The molecule has 86 valence electrons. The van der Waals surface area contributed by atoms with Gasteiger partial charge >= 0.3 is 0 Å². The van der Waals surface area contributed by atoms with Crippen LogP contribution < -0.4 is 0 Å². The van der Waals surface area contributed by atoms with Crippen molar-refractivity contribution < 1.29 is 15.3 Å². The molecule has 0 fully saturated rings. The molecule has 1 aromatic rings. The number of hydrogen-bond acceptors (Lipinski definition) is 3. The lowest BCUT2D eigenvalue weighted by Crippen LogP contribution is -2.10. The SMILES string of the molecule is CC(C)(C)c1cc(O)ccc1O.CCO. The Morgan fingerprint density at radius 2 is 1.60 bits per heavy atom. The molecular weight excluding hydrogens is 192 g/mol. The zero-order chi connectivity index (χ0) is 12.1. The Hall–Kier alpha value is -1.22. The molecular formula is C12H20O3. The van der Waals surface area contributed by atoms with Crippen LogP contribution in [0.25, 0.3) is 0 Å². The average Bonchev–Trinajstić information content (AvgIpc) is 2.09. The van der Waals surface area contributed by atoms with Crippen LogP contribution >= 0.6 is 0 Å². The van der Waals surface area contributed by atoms with E-state index in [-0.39, 0.29) is 23.5 Å². The standard InChI is InChI=1S/C10H14O2.C2H6O/c1-10(2,3)8-6-7(11)4-5-9(8)12;1-2-3/h4-6,11-12H,1-3H3;3H,2H2,1H3. The van der Waals surface area contributed by atoms with Crippen LogP contribution in [-0.2, 0) is 5.41 Å². The van der Waals surface area contributed by atoms with Crippen molar-refractivity contribution in [3.8, 4) is 11.5 Å². The van der Waals surface area contributed by atoms with Gasteiger partial charge in [-0.1, -0.05) is 20.8 Å². The number of rotatable bonds is 0. The highest BCUT2D eigenvalue weighted by Gasteiger charge is 2.17. The zero-order valence-electron chi connectivity index (χ0n) is 9.78. The number of hydrogen-bond donors (Lipinski definition) is 3. The number of benzene rings is 1. The maximum atomic E-state index is 9.46. The molecule has 3 heteroatoms. The van der Waals surface area contributed by atoms with Gasteiger partial charge in [0, 0.05) is 12.2 Å². The third-order valence-corrected chi connectivity index (χ3v) is 1.79. The van der Waals surface area contributed by atoms with E-state index < -0.39 is 0 Å². The molecule has 1 rings (SSSR count). The van der Waals surface area contributed by atoms with E-state index in [1.54, 1.807) is 13.0 Å². The molecule has 0 unspecified atom stereocenters. The van der Waals surface area contributed by atoms with Crippen molar-refractivity contribution in [2.45, 2.75) is 33.1 Å². The molecule has 0 aliphatic heterocycles. The molecule has 0 aliphatic carbocycles. The van der Waals surface area contributed by atoms with Gasteiger partial charge in [-0.15, -0.1) is 0 Å². The van der Waals surface area contributed by atoms with Crippen LogP contribution in [0.15, 0.2) is 18.2 Å². The first-order chi connectivity index (χ1) is 6.82. The second-order valence-electron chi connectivity index (χ2n) is 4.27. The topological polar surface area (TPSA) is 60.7 Å². The van der Waals surface area contributed by atoms with Gasteiger partial charge in [0.05, 0.1) is 0 Å². The highest BCUT2D eigenvalue weighted by Crippen LogP contribution is 2.32. The largest absolute Gasteiger partial charge is 0.508 e. The number of phenolic OH excluding ortho intramolecular Hbond substituents is 2. The molecule has 3 N–H and O–H groups in total. The van der Waals surface area contributed by atoms with Crippen LogP contribution in [0.5, 0.6) is 11.5 Å². The zero-order valence-corrected chi connectivity index (χ0v) is 9.78. The Kier molecular flexibility index (Phi) is 5.15. The summed E-state index contributed by atoms with van der Waals surface area (Å²) in [6, 6.07) is 4.58. The first-order valence-electron chi connectivity index (χ1n) is 4.96. The van der Waals surface area contributed by atoms with Crippen LogP contribution in [0.3, 0.4) is 0 Å². The highest BCUT2D eigenvalue weighted by molar-refractivity contribution is 5.42. The fourth-order valence-corrected chi connectivity index (χ4v) is 1.12. The first kappa shape index (κ1) is 13.8. The lowest BCUT2D eigenvalue weighted by Gasteiger charge is -2.20. The third-order valence-electron chi connectivity index (χ3n) is 1.79. The molecule has 0 bridgehead atoms. The lowest BCUT2D eigenvalue weighted by atomic mass is 9.86. The normalized spacial score (nSPS) is 10.5. The lowest BCUT2D eigenvalue weighted by molar-refractivity contribution is 0.318. The second kappa shape index (κ2) is 5.61. The van der Waals surface area contributed by atoms with Gasteiger partial charge in [0.1, 0.15) is 11.5 Å². The van der Waals surface area contributed by atoms with Crippen LogP contribution in [0.4, 0.5) is 0 Å². The summed E-state index contributed by atoms with van der Waals surface area (Å²) in [4.78, 5) is 0. The van der Waals surface area contributed by atoms with Gasteiger partial charge in [-0.05, 0) is 30.5 Å². The van der Waals surface area contributed by atoms with E-state index in [0.29, 0.717) is 0 Å². The molecule has 0 amide bonds. The van der Waals surface area contributed by atoms with Crippen LogP contribution in [-0.4, -0.2) is 21.9 Å². The molecule has 0 aromatic heterocycles. The summed E-state index contributed by atoms with van der Waals surface area (Å²) in [6.45, 7) is 7.89. The predicted molar refractivity (Wildman–Crippen MR) is 61.2 cm³/mol. The minimum absolute atomic E-state index is 0.136. The Balaban J connectivity index is 0.000000583. The Morgan fingerprint density at radius 3 is 1.93 bits per heavy atom. The molecule has 0 aliphatic rings. The quantitative estimate of drug-likeness (QED) is 0.579. The fourth-order valence-electron chi connectivity index (χ4n) is 1.12. The van der Waals surface area contributed by atoms with Crippen LogP contribution in [0.2, 0.25) is 0 Å². The number of aromatic hydroxyl groups is 2. The maximum absolute atomic E-state index is 9.46. The predicted octanol–water partition coefficient (Wildman–Crippen LogP) is 2.39. The monoisotopic (exact) mass is 212 g/mol. The van der Waals surface area contributed by atoms with Crippen molar-refractivity contribution in [2.75, 3.05) is 6.61 Å².